The monoisotopic (exact) mass is 332 g/mol. The Labute approximate surface area is 146 Å². The van der Waals surface area contributed by atoms with Gasteiger partial charge in [0.2, 0.25) is 5.91 Å². The van der Waals surface area contributed by atoms with E-state index in [1.807, 2.05) is 74.0 Å². The van der Waals surface area contributed by atoms with Gasteiger partial charge in [0.15, 0.2) is 0 Å². The van der Waals surface area contributed by atoms with Crippen molar-refractivity contribution in [3.8, 4) is 0 Å². The van der Waals surface area contributed by atoms with Crippen molar-refractivity contribution in [2.45, 2.75) is 12.3 Å². The molecule has 1 fully saturated rings. The molecule has 126 valence electrons. The highest BCUT2D eigenvalue weighted by Gasteiger charge is 2.44. The molecule has 2 atom stereocenters. The summed E-state index contributed by atoms with van der Waals surface area (Å²) in [6.07, 6.45) is 4.73. The van der Waals surface area contributed by atoms with Crippen LogP contribution in [-0.4, -0.2) is 15.7 Å². The van der Waals surface area contributed by atoms with Crippen molar-refractivity contribution < 1.29 is 4.79 Å². The van der Waals surface area contributed by atoms with Gasteiger partial charge in [-0.3, -0.25) is 9.48 Å². The Kier molecular flexibility index (Phi) is 3.98. The summed E-state index contributed by atoms with van der Waals surface area (Å²) in [6.45, 7) is 0. The highest BCUT2D eigenvalue weighted by molar-refractivity contribution is 5.95. The molecule has 5 heteroatoms. The van der Waals surface area contributed by atoms with E-state index in [1.165, 1.54) is 0 Å². The van der Waals surface area contributed by atoms with Gasteiger partial charge in [0.1, 0.15) is 0 Å². The lowest BCUT2D eigenvalue weighted by Gasteiger charge is -2.08. The molecule has 1 aliphatic carbocycles. The molecule has 25 heavy (non-hydrogen) atoms. The van der Waals surface area contributed by atoms with Gasteiger partial charge in [0, 0.05) is 36.2 Å². The number of amides is 1. The minimum atomic E-state index is 0.0475. The third-order valence-corrected chi connectivity index (χ3v) is 4.50. The van der Waals surface area contributed by atoms with E-state index in [9.17, 15) is 4.79 Å². The van der Waals surface area contributed by atoms with Gasteiger partial charge in [0.25, 0.3) is 0 Å². The quantitative estimate of drug-likeness (QED) is 0.745. The molecule has 5 nitrogen and oxygen atoms in total. The number of anilines is 3. The maximum Gasteiger partial charge on any atom is 0.228 e. The Morgan fingerprint density at radius 3 is 2.40 bits per heavy atom. The molecule has 1 amide bonds. The van der Waals surface area contributed by atoms with Crippen molar-refractivity contribution in [2.24, 2.45) is 13.0 Å². The number of carbonyl (C=O) groups is 1. The van der Waals surface area contributed by atoms with Crippen LogP contribution in [0.3, 0.4) is 0 Å². The normalized spacial score (nSPS) is 18.6. The molecule has 0 radical (unpaired) electrons. The Bertz CT molecular complexity index is 870. The summed E-state index contributed by atoms with van der Waals surface area (Å²) in [5.41, 5.74) is 3.99. The largest absolute Gasteiger partial charge is 0.356 e. The van der Waals surface area contributed by atoms with Crippen LogP contribution in [-0.2, 0) is 11.8 Å². The summed E-state index contributed by atoms with van der Waals surface area (Å²) in [4.78, 5) is 12.4. The number of para-hydroxylation sites is 1. The topological polar surface area (TPSA) is 59.0 Å². The van der Waals surface area contributed by atoms with Gasteiger partial charge in [-0.05, 0) is 54.3 Å². The molecular weight excluding hydrogens is 312 g/mol. The average molecular weight is 332 g/mol. The minimum absolute atomic E-state index is 0.0475. The van der Waals surface area contributed by atoms with Crippen LogP contribution in [0.15, 0.2) is 67.0 Å². The van der Waals surface area contributed by atoms with E-state index >= 15 is 0 Å². The molecule has 0 bridgehead atoms. The Morgan fingerprint density at radius 2 is 1.72 bits per heavy atom. The molecule has 1 aromatic heterocycles. The fourth-order valence-corrected chi connectivity index (χ4v) is 3.04. The van der Waals surface area contributed by atoms with Gasteiger partial charge in [-0.25, -0.2) is 0 Å². The van der Waals surface area contributed by atoms with E-state index in [4.69, 9.17) is 0 Å². The van der Waals surface area contributed by atoms with Gasteiger partial charge in [-0.2, -0.15) is 5.10 Å². The highest BCUT2D eigenvalue weighted by Crippen LogP contribution is 2.47. The van der Waals surface area contributed by atoms with Crippen molar-refractivity contribution in [3.05, 3.63) is 72.6 Å². The lowest BCUT2D eigenvalue weighted by Crippen LogP contribution is -2.14. The average Bonchev–Trinajstić information content (AvgIpc) is 3.32. The summed E-state index contributed by atoms with van der Waals surface area (Å²) < 4.78 is 1.78. The summed E-state index contributed by atoms with van der Waals surface area (Å²) in [6, 6.07) is 17.8. The molecule has 4 rings (SSSR count). The molecule has 2 aromatic carbocycles. The van der Waals surface area contributed by atoms with Gasteiger partial charge in [0.05, 0.1) is 6.20 Å². The van der Waals surface area contributed by atoms with Crippen molar-refractivity contribution in [1.82, 2.24) is 9.78 Å². The SMILES string of the molecule is Cn1cc(C2CC2C(=O)Nc2ccc(Nc3ccccc3)cc2)cn1. The molecule has 2 unspecified atom stereocenters. The van der Waals surface area contributed by atoms with Crippen LogP contribution in [0, 0.1) is 5.92 Å². The summed E-state index contributed by atoms with van der Waals surface area (Å²) in [5, 5.41) is 10.5. The lowest BCUT2D eigenvalue weighted by atomic mass is 10.2. The van der Waals surface area contributed by atoms with Gasteiger partial charge < -0.3 is 10.6 Å². The molecule has 1 saturated carbocycles. The number of benzene rings is 2. The van der Waals surface area contributed by atoms with Crippen molar-refractivity contribution >= 4 is 23.0 Å². The van der Waals surface area contributed by atoms with Crippen LogP contribution in [0.5, 0.6) is 0 Å². The molecule has 0 saturated heterocycles. The van der Waals surface area contributed by atoms with E-state index in [0.717, 1.165) is 29.0 Å². The number of hydrogen-bond acceptors (Lipinski definition) is 3. The van der Waals surface area contributed by atoms with Crippen LogP contribution in [0.1, 0.15) is 17.9 Å². The van der Waals surface area contributed by atoms with Crippen molar-refractivity contribution in [2.75, 3.05) is 10.6 Å². The van der Waals surface area contributed by atoms with E-state index in [0.29, 0.717) is 5.92 Å². The van der Waals surface area contributed by atoms with Gasteiger partial charge >= 0.3 is 0 Å². The second-order valence-corrected chi connectivity index (χ2v) is 6.45. The first-order valence-electron chi connectivity index (χ1n) is 8.40. The second-order valence-electron chi connectivity index (χ2n) is 6.45. The Balaban J connectivity index is 1.34. The number of aromatic nitrogens is 2. The first-order valence-corrected chi connectivity index (χ1v) is 8.40. The van der Waals surface area contributed by atoms with Crippen LogP contribution < -0.4 is 10.6 Å². The lowest BCUT2D eigenvalue weighted by molar-refractivity contribution is -0.117. The molecule has 3 aromatic rings. The fourth-order valence-electron chi connectivity index (χ4n) is 3.04. The van der Waals surface area contributed by atoms with Gasteiger partial charge in [-0.15, -0.1) is 0 Å². The van der Waals surface area contributed by atoms with Gasteiger partial charge in [-0.1, -0.05) is 18.2 Å². The number of rotatable bonds is 5. The number of nitrogens with zero attached hydrogens (tertiary/aromatic N) is 2. The van der Waals surface area contributed by atoms with E-state index < -0.39 is 0 Å². The van der Waals surface area contributed by atoms with E-state index in [-0.39, 0.29) is 11.8 Å². The Hall–Kier alpha value is -3.08. The fraction of sp³-hybridized carbons (Fsp3) is 0.200. The van der Waals surface area contributed by atoms with Crippen molar-refractivity contribution in [1.29, 1.82) is 0 Å². The predicted octanol–water partition coefficient (Wildman–Crippen LogP) is 3.91. The summed E-state index contributed by atoms with van der Waals surface area (Å²) >= 11 is 0. The smallest absolute Gasteiger partial charge is 0.228 e. The first-order chi connectivity index (χ1) is 12.2. The van der Waals surface area contributed by atoms with Crippen LogP contribution >= 0.6 is 0 Å². The molecule has 1 heterocycles. The zero-order valence-electron chi connectivity index (χ0n) is 14.0. The minimum Gasteiger partial charge on any atom is -0.356 e. The number of hydrogen-bond donors (Lipinski definition) is 2. The first kappa shape index (κ1) is 15.4. The number of aryl methyl sites for hydroxylation is 1. The molecule has 0 aliphatic heterocycles. The zero-order valence-corrected chi connectivity index (χ0v) is 14.0. The second kappa shape index (κ2) is 6.43. The predicted molar refractivity (Wildman–Crippen MR) is 98.9 cm³/mol. The van der Waals surface area contributed by atoms with E-state index in [1.54, 1.807) is 4.68 Å². The van der Waals surface area contributed by atoms with Crippen LogP contribution in [0.4, 0.5) is 17.1 Å². The zero-order chi connectivity index (χ0) is 17.2. The molecule has 1 aliphatic rings. The number of carbonyl (C=O) groups excluding carboxylic acids is 1. The van der Waals surface area contributed by atoms with Crippen LogP contribution in [0.2, 0.25) is 0 Å². The van der Waals surface area contributed by atoms with E-state index in [2.05, 4.69) is 15.7 Å². The summed E-state index contributed by atoms with van der Waals surface area (Å²) in [5.74, 6) is 0.427. The maximum absolute atomic E-state index is 12.4. The third-order valence-electron chi connectivity index (χ3n) is 4.50. The number of nitrogens with one attached hydrogen (secondary N) is 2. The van der Waals surface area contributed by atoms with Crippen LogP contribution in [0.25, 0.3) is 0 Å². The highest BCUT2D eigenvalue weighted by atomic mass is 16.2. The molecule has 0 spiro atoms. The standard InChI is InChI=1S/C20H20N4O/c1-24-13-14(12-21-24)18-11-19(18)20(25)23-17-9-7-16(8-10-17)22-15-5-3-2-4-6-15/h2-10,12-13,18-19,22H,11H2,1H3,(H,23,25). The molecular formula is C20H20N4O. The maximum atomic E-state index is 12.4. The van der Waals surface area contributed by atoms with Crippen molar-refractivity contribution in [3.63, 3.8) is 0 Å². The summed E-state index contributed by atoms with van der Waals surface area (Å²) in [7, 11) is 1.89. The molecule has 2 N–H and O–H groups in total. The third kappa shape index (κ3) is 3.55. The Morgan fingerprint density at radius 1 is 1.04 bits per heavy atom.